The second-order valence-corrected chi connectivity index (χ2v) is 16.3. The van der Waals surface area contributed by atoms with E-state index in [9.17, 15) is 4.79 Å². The van der Waals surface area contributed by atoms with Gasteiger partial charge >= 0.3 is 0 Å². The van der Waals surface area contributed by atoms with Crippen molar-refractivity contribution in [2.45, 2.75) is 38.8 Å². The van der Waals surface area contributed by atoms with Gasteiger partial charge < -0.3 is 4.90 Å². The van der Waals surface area contributed by atoms with Crippen LogP contribution in [0.15, 0.2) is 160 Å². The van der Waals surface area contributed by atoms with E-state index in [1.165, 1.54) is 37.8 Å². The molecule has 3 heterocycles. The monoisotopic (exact) mass is 772 g/mol. The molecule has 0 spiro atoms. The number of thiazole rings is 2. The van der Waals surface area contributed by atoms with Crippen LogP contribution in [0.5, 0.6) is 0 Å². The molecule has 8 rings (SSSR count). The van der Waals surface area contributed by atoms with Gasteiger partial charge in [0.15, 0.2) is 0 Å². The Morgan fingerprint density at radius 2 is 1.33 bits per heavy atom. The molecule has 7 heteroatoms. The highest BCUT2D eigenvalue weighted by Gasteiger charge is 2.28. The Kier molecular flexibility index (Phi) is 10.9. The van der Waals surface area contributed by atoms with Crippen LogP contribution in [0.2, 0.25) is 0 Å². The van der Waals surface area contributed by atoms with Gasteiger partial charge in [-0.05, 0) is 73.4 Å². The zero-order chi connectivity index (χ0) is 37.7. The van der Waals surface area contributed by atoms with Crippen molar-refractivity contribution in [3.8, 4) is 21.7 Å². The highest BCUT2D eigenvalue weighted by molar-refractivity contribution is 8.03. The Hall–Kier alpha value is -5.47. The van der Waals surface area contributed by atoms with E-state index in [2.05, 4.69) is 182 Å². The largest absolute Gasteiger partial charge is 0.335 e. The fourth-order valence-corrected chi connectivity index (χ4v) is 10.8. The topological polar surface area (TPSA) is 29.1 Å². The zero-order valence-electron chi connectivity index (χ0n) is 31.2. The van der Waals surface area contributed by atoms with Crippen molar-refractivity contribution in [1.82, 2.24) is 4.57 Å². The summed E-state index contributed by atoms with van der Waals surface area (Å²) in [6, 6.07) is 48.7. The minimum absolute atomic E-state index is 0.0394. The average Bonchev–Trinajstić information content (AvgIpc) is 3.89. The molecule has 0 atom stereocenters. The highest BCUT2D eigenvalue weighted by atomic mass is 32.2. The van der Waals surface area contributed by atoms with Gasteiger partial charge in [0.25, 0.3) is 10.6 Å². The van der Waals surface area contributed by atoms with Crippen molar-refractivity contribution in [1.29, 1.82) is 0 Å². The smallest absolute Gasteiger partial charge is 0.269 e. The Morgan fingerprint density at radius 1 is 0.691 bits per heavy atom. The standard InChI is InChI=1S/C48H42N3OS3/c1-4-49-40-30-29-35(28-27-34-19-11-7-12-20-34)31-41(40)53-42(49)32-39(36-21-13-8-14-22-36)47-48(52)51(6-3)44(55-47)33-43-50(5-2)45(37-23-15-9-16-24-37)46(54-43)38-25-17-10-18-26-38/h7-33H,4-6H2,1-3H3/q+1. The van der Waals surface area contributed by atoms with Crippen molar-refractivity contribution < 1.29 is 4.57 Å². The Balaban J connectivity index is 1.28. The molecule has 0 unspecified atom stereocenters. The maximum atomic E-state index is 14.5. The Morgan fingerprint density at radius 3 is 1.98 bits per heavy atom. The average molecular weight is 773 g/mol. The molecule has 0 saturated carbocycles. The van der Waals surface area contributed by atoms with E-state index in [1.54, 1.807) is 34.4 Å². The van der Waals surface area contributed by atoms with Gasteiger partial charge in [0.05, 0.1) is 16.8 Å². The van der Waals surface area contributed by atoms with Crippen LogP contribution in [0.1, 0.15) is 42.5 Å². The molecule has 0 saturated heterocycles. The summed E-state index contributed by atoms with van der Waals surface area (Å²) in [6.45, 7) is 8.65. The predicted octanol–water partition coefficient (Wildman–Crippen LogP) is 10.3. The summed E-state index contributed by atoms with van der Waals surface area (Å²) in [7, 11) is 0. The minimum Gasteiger partial charge on any atom is -0.335 e. The molecule has 7 aromatic rings. The second-order valence-electron chi connectivity index (χ2n) is 13.1. The van der Waals surface area contributed by atoms with Crippen LogP contribution in [0, 0.1) is 0 Å². The summed E-state index contributed by atoms with van der Waals surface area (Å²) < 4.78 is 6.02. The molecule has 0 bridgehead atoms. The van der Waals surface area contributed by atoms with E-state index in [0.717, 1.165) is 49.0 Å². The molecule has 0 amide bonds. The first-order valence-electron chi connectivity index (χ1n) is 18.8. The molecule has 0 fully saturated rings. The predicted molar refractivity (Wildman–Crippen MR) is 236 cm³/mol. The van der Waals surface area contributed by atoms with Gasteiger partial charge in [-0.25, -0.2) is 0 Å². The van der Waals surface area contributed by atoms with Gasteiger partial charge in [-0.1, -0.05) is 151 Å². The summed E-state index contributed by atoms with van der Waals surface area (Å²) in [5.41, 5.74) is 9.11. The first-order chi connectivity index (χ1) is 27.1. The Bertz CT molecular complexity index is 2690. The number of anilines is 1. The van der Waals surface area contributed by atoms with Crippen molar-refractivity contribution in [3.05, 3.63) is 192 Å². The van der Waals surface area contributed by atoms with E-state index in [1.807, 2.05) is 16.7 Å². The van der Waals surface area contributed by atoms with Gasteiger partial charge in [-0.2, -0.15) is 4.57 Å². The first kappa shape index (κ1) is 36.5. The number of fused-ring (bicyclic) bond motifs is 1. The van der Waals surface area contributed by atoms with Crippen LogP contribution >= 0.6 is 34.4 Å². The molecule has 272 valence electrons. The molecule has 4 nitrogen and oxygen atoms in total. The SMILES string of the molecule is CCN1C(=CC(c2ccccc2)=c2sc(=Cc3sc(-c4ccccc4)c(-c4ccccc4)[n+]3CC)n(CC)c2=O)Sc2cc(C=Cc3ccccc3)ccc21. The van der Waals surface area contributed by atoms with Crippen molar-refractivity contribution >= 4 is 63.9 Å². The lowest BCUT2D eigenvalue weighted by Crippen LogP contribution is -2.37. The molecule has 1 aliphatic heterocycles. The van der Waals surface area contributed by atoms with Crippen LogP contribution in [-0.2, 0) is 13.1 Å². The van der Waals surface area contributed by atoms with E-state index in [-0.39, 0.29) is 5.56 Å². The molecule has 55 heavy (non-hydrogen) atoms. The number of hydrogen-bond acceptors (Lipinski definition) is 5. The first-order valence-corrected chi connectivity index (χ1v) is 21.2. The highest BCUT2D eigenvalue weighted by Crippen LogP contribution is 2.47. The van der Waals surface area contributed by atoms with E-state index in [4.69, 9.17) is 0 Å². The summed E-state index contributed by atoms with van der Waals surface area (Å²) >= 11 is 5.14. The fourth-order valence-electron chi connectivity index (χ4n) is 7.08. The van der Waals surface area contributed by atoms with Gasteiger partial charge in [0.1, 0.15) is 20.6 Å². The summed E-state index contributed by atoms with van der Waals surface area (Å²) in [5.74, 6) is 0. The number of benzene rings is 5. The number of thioether (sulfide) groups is 1. The maximum Gasteiger partial charge on any atom is 0.269 e. The van der Waals surface area contributed by atoms with Gasteiger partial charge in [0.2, 0.25) is 5.69 Å². The Labute approximate surface area is 335 Å². The van der Waals surface area contributed by atoms with Crippen LogP contribution in [0.25, 0.3) is 45.5 Å². The van der Waals surface area contributed by atoms with Crippen molar-refractivity contribution in [3.63, 3.8) is 0 Å². The summed E-state index contributed by atoms with van der Waals surface area (Å²) in [4.78, 5) is 19.3. The summed E-state index contributed by atoms with van der Waals surface area (Å²) in [5, 5.41) is 2.23. The number of hydrogen-bond donors (Lipinski definition) is 0. The number of allylic oxidation sites excluding steroid dienone is 1. The van der Waals surface area contributed by atoms with Crippen LogP contribution in [0.4, 0.5) is 5.69 Å². The molecule has 0 radical (unpaired) electrons. The quantitative estimate of drug-likeness (QED) is 0.102. The van der Waals surface area contributed by atoms with E-state index in [0.29, 0.717) is 6.54 Å². The lowest BCUT2D eigenvalue weighted by atomic mass is 10.1. The molecule has 0 N–H and O–H groups in total. The van der Waals surface area contributed by atoms with E-state index >= 15 is 0 Å². The van der Waals surface area contributed by atoms with Gasteiger partial charge in [0, 0.05) is 29.1 Å². The van der Waals surface area contributed by atoms with Crippen LogP contribution < -0.4 is 24.2 Å². The molecule has 1 aliphatic rings. The third kappa shape index (κ3) is 7.48. The lowest BCUT2D eigenvalue weighted by Gasteiger charge is -2.18. The molecular formula is C48H42N3OS3+. The molecular weight excluding hydrogens is 731 g/mol. The maximum absolute atomic E-state index is 14.5. The van der Waals surface area contributed by atoms with Gasteiger partial charge in [-0.3, -0.25) is 9.36 Å². The number of nitrogens with zero attached hydrogens (tertiary/aromatic N) is 3. The zero-order valence-corrected chi connectivity index (χ0v) is 33.6. The molecule has 0 aliphatic carbocycles. The molecule has 2 aromatic heterocycles. The normalized spacial score (nSPS) is 14.3. The molecule has 5 aromatic carbocycles. The van der Waals surface area contributed by atoms with Crippen LogP contribution in [0.3, 0.4) is 0 Å². The van der Waals surface area contributed by atoms with Crippen molar-refractivity contribution in [2.24, 2.45) is 0 Å². The summed E-state index contributed by atoms with van der Waals surface area (Å²) in [6.07, 6.45) is 8.79. The van der Waals surface area contributed by atoms with E-state index < -0.39 is 0 Å². The van der Waals surface area contributed by atoms with Gasteiger partial charge in [-0.15, -0.1) is 11.3 Å². The number of aromatic nitrogens is 2. The lowest BCUT2D eigenvalue weighted by molar-refractivity contribution is -0.679. The minimum atomic E-state index is 0.0394. The third-order valence-electron chi connectivity index (χ3n) is 9.77. The third-order valence-corrected chi connectivity index (χ3v) is 13.2. The van der Waals surface area contributed by atoms with Crippen molar-refractivity contribution in [2.75, 3.05) is 11.4 Å². The fraction of sp³-hybridized carbons (Fsp3) is 0.125. The number of rotatable bonds is 10. The van der Waals surface area contributed by atoms with Crippen LogP contribution in [-0.4, -0.2) is 11.1 Å². The second kappa shape index (κ2) is 16.5.